The second-order valence-electron chi connectivity index (χ2n) is 10.3. The number of alkyl carbamates (subject to hydrolysis) is 1. The molecule has 1 heterocycles. The molecule has 0 radical (unpaired) electrons. The van der Waals surface area contributed by atoms with Crippen molar-refractivity contribution in [2.45, 2.75) is 44.6 Å². The molecule has 1 saturated heterocycles. The number of aliphatic carboxylic acids is 1. The van der Waals surface area contributed by atoms with Crippen LogP contribution in [0, 0.1) is 11.3 Å². The van der Waals surface area contributed by atoms with Crippen LogP contribution in [0.15, 0.2) is 48.5 Å². The lowest BCUT2D eigenvalue weighted by Crippen LogP contribution is -2.43. The molecular formula is C27H30N2O5. The van der Waals surface area contributed by atoms with Gasteiger partial charge in [0.15, 0.2) is 0 Å². The minimum atomic E-state index is -0.938. The second-order valence-corrected chi connectivity index (χ2v) is 10.3. The second kappa shape index (κ2) is 8.15. The van der Waals surface area contributed by atoms with Gasteiger partial charge in [-0.2, -0.15) is 0 Å². The van der Waals surface area contributed by atoms with E-state index in [2.05, 4.69) is 29.6 Å². The van der Waals surface area contributed by atoms with Crippen molar-refractivity contribution in [1.29, 1.82) is 0 Å². The van der Waals surface area contributed by atoms with Gasteiger partial charge in [-0.1, -0.05) is 55.5 Å². The minimum Gasteiger partial charge on any atom is -0.481 e. The number of likely N-dealkylation sites (tertiary alicyclic amines) is 1. The third-order valence-corrected chi connectivity index (χ3v) is 8.00. The summed E-state index contributed by atoms with van der Waals surface area (Å²) in [6.45, 7) is 4.40. The summed E-state index contributed by atoms with van der Waals surface area (Å²) >= 11 is 0. The molecule has 2 aliphatic carbocycles. The molecule has 2 atom stereocenters. The van der Waals surface area contributed by atoms with E-state index in [1.54, 1.807) is 11.8 Å². The molecule has 5 rings (SSSR count). The zero-order valence-electron chi connectivity index (χ0n) is 19.5. The Morgan fingerprint density at radius 2 is 1.65 bits per heavy atom. The summed E-state index contributed by atoms with van der Waals surface area (Å²) in [5.74, 6) is -1.14. The number of ether oxygens (including phenoxy) is 1. The SMILES string of the molecule is C[C@@H]1CN(C(=O)CC2(NC(=O)OCC3c4ccccc4-c4ccccc43)CC2)C[C@@]1(C)C(=O)O. The first-order valence-corrected chi connectivity index (χ1v) is 11.9. The molecule has 0 bridgehead atoms. The standard InChI is InChI=1S/C27H30N2O5/c1-17-14-29(16-26(17,2)24(31)32)23(30)13-27(11-12-27)28-25(33)34-15-22-20-9-5-3-7-18(20)19-8-4-6-10-21(19)22/h3-10,17,22H,11-16H2,1-2H3,(H,28,33)(H,31,32)/t17-,26-/m1/s1. The molecule has 3 aliphatic rings. The van der Waals surface area contributed by atoms with Crippen molar-refractivity contribution in [2.24, 2.45) is 11.3 Å². The molecule has 0 aromatic heterocycles. The summed E-state index contributed by atoms with van der Waals surface area (Å²) in [7, 11) is 0. The zero-order valence-corrected chi connectivity index (χ0v) is 19.5. The van der Waals surface area contributed by atoms with Crippen molar-refractivity contribution in [3.05, 3.63) is 59.7 Å². The molecule has 0 unspecified atom stereocenters. The number of hydrogen-bond donors (Lipinski definition) is 2. The quantitative estimate of drug-likeness (QED) is 0.676. The van der Waals surface area contributed by atoms with Crippen LogP contribution in [0.25, 0.3) is 11.1 Å². The van der Waals surface area contributed by atoms with Crippen molar-refractivity contribution >= 4 is 18.0 Å². The van der Waals surface area contributed by atoms with E-state index in [9.17, 15) is 19.5 Å². The van der Waals surface area contributed by atoms with Crippen LogP contribution in [0.2, 0.25) is 0 Å². The molecule has 34 heavy (non-hydrogen) atoms. The van der Waals surface area contributed by atoms with Crippen molar-refractivity contribution in [1.82, 2.24) is 10.2 Å². The van der Waals surface area contributed by atoms with Gasteiger partial charge < -0.3 is 20.1 Å². The van der Waals surface area contributed by atoms with Gasteiger partial charge >= 0.3 is 12.1 Å². The molecule has 178 valence electrons. The largest absolute Gasteiger partial charge is 0.481 e. The van der Waals surface area contributed by atoms with Crippen molar-refractivity contribution in [3.63, 3.8) is 0 Å². The molecule has 1 saturated carbocycles. The number of fused-ring (bicyclic) bond motifs is 3. The lowest BCUT2D eigenvalue weighted by molar-refractivity contribution is -0.149. The summed E-state index contributed by atoms with van der Waals surface area (Å²) in [5.41, 5.74) is 3.11. The average molecular weight is 463 g/mol. The summed E-state index contributed by atoms with van der Waals surface area (Å²) in [5, 5.41) is 12.5. The van der Waals surface area contributed by atoms with Gasteiger partial charge in [-0.3, -0.25) is 9.59 Å². The van der Waals surface area contributed by atoms with Crippen molar-refractivity contribution in [2.75, 3.05) is 19.7 Å². The Labute approximate surface area is 199 Å². The highest BCUT2D eigenvalue weighted by molar-refractivity contribution is 5.83. The number of carbonyl (C=O) groups is 3. The number of carboxylic acid groups (broad SMARTS) is 1. The highest BCUT2D eigenvalue weighted by Crippen LogP contribution is 2.45. The first-order valence-electron chi connectivity index (χ1n) is 11.9. The van der Waals surface area contributed by atoms with Crippen LogP contribution in [-0.4, -0.2) is 53.2 Å². The van der Waals surface area contributed by atoms with E-state index in [1.807, 2.05) is 31.2 Å². The first-order chi connectivity index (χ1) is 16.2. The monoisotopic (exact) mass is 462 g/mol. The third-order valence-electron chi connectivity index (χ3n) is 8.00. The van der Waals surface area contributed by atoms with E-state index in [0.717, 1.165) is 11.1 Å². The van der Waals surface area contributed by atoms with E-state index < -0.39 is 23.0 Å². The van der Waals surface area contributed by atoms with Crippen LogP contribution in [0.3, 0.4) is 0 Å². The molecular weight excluding hydrogens is 432 g/mol. The fourth-order valence-corrected chi connectivity index (χ4v) is 5.37. The molecule has 7 nitrogen and oxygen atoms in total. The van der Waals surface area contributed by atoms with Gasteiger partial charge in [-0.15, -0.1) is 0 Å². The van der Waals surface area contributed by atoms with Gasteiger partial charge in [0.2, 0.25) is 5.91 Å². The van der Waals surface area contributed by atoms with Gasteiger partial charge in [0.05, 0.1) is 17.4 Å². The molecule has 2 N–H and O–H groups in total. The highest BCUT2D eigenvalue weighted by Gasteiger charge is 2.51. The number of benzene rings is 2. The molecule has 2 aromatic rings. The Kier molecular flexibility index (Phi) is 5.38. The molecule has 1 aliphatic heterocycles. The Hall–Kier alpha value is -3.35. The Morgan fingerprint density at radius 3 is 2.18 bits per heavy atom. The predicted molar refractivity (Wildman–Crippen MR) is 126 cm³/mol. The van der Waals surface area contributed by atoms with Gasteiger partial charge in [-0.05, 0) is 47.9 Å². The lowest BCUT2D eigenvalue weighted by atomic mass is 9.81. The fourth-order valence-electron chi connectivity index (χ4n) is 5.37. The van der Waals surface area contributed by atoms with Crippen LogP contribution < -0.4 is 5.32 Å². The average Bonchev–Trinajstić information content (AvgIpc) is 3.37. The first kappa shape index (κ1) is 22.4. The van der Waals surface area contributed by atoms with Crippen LogP contribution in [0.5, 0.6) is 0 Å². The fraction of sp³-hybridized carbons (Fsp3) is 0.444. The van der Waals surface area contributed by atoms with E-state index >= 15 is 0 Å². The van der Waals surface area contributed by atoms with Crippen molar-refractivity contribution < 1.29 is 24.2 Å². The Bertz CT molecular complexity index is 1110. The molecule has 2 amide bonds. The maximum atomic E-state index is 12.9. The summed E-state index contributed by atoms with van der Waals surface area (Å²) < 4.78 is 5.65. The lowest BCUT2D eigenvalue weighted by Gasteiger charge is -2.24. The van der Waals surface area contributed by atoms with Gasteiger partial charge in [0, 0.05) is 19.0 Å². The molecule has 2 fully saturated rings. The smallest absolute Gasteiger partial charge is 0.407 e. The minimum absolute atomic E-state index is 0.0188. The maximum Gasteiger partial charge on any atom is 0.407 e. The number of nitrogens with zero attached hydrogens (tertiary/aromatic N) is 1. The Morgan fingerprint density at radius 1 is 1.06 bits per heavy atom. The van der Waals surface area contributed by atoms with E-state index in [4.69, 9.17) is 4.74 Å². The molecule has 2 aromatic carbocycles. The number of carbonyl (C=O) groups excluding carboxylic acids is 2. The Balaban J connectivity index is 1.19. The van der Waals surface area contributed by atoms with Crippen LogP contribution in [0.4, 0.5) is 4.79 Å². The van der Waals surface area contributed by atoms with E-state index in [-0.39, 0.29) is 37.3 Å². The number of nitrogens with one attached hydrogen (secondary N) is 1. The topological polar surface area (TPSA) is 95.9 Å². The highest BCUT2D eigenvalue weighted by atomic mass is 16.5. The third kappa shape index (κ3) is 3.83. The number of rotatable bonds is 6. The zero-order chi connectivity index (χ0) is 24.1. The van der Waals surface area contributed by atoms with Crippen LogP contribution in [-0.2, 0) is 14.3 Å². The number of amides is 2. The van der Waals surface area contributed by atoms with Crippen LogP contribution >= 0.6 is 0 Å². The number of carboxylic acids is 1. The maximum absolute atomic E-state index is 12.9. The summed E-state index contributed by atoms with van der Waals surface area (Å²) in [6.07, 6.45) is 1.07. The van der Waals surface area contributed by atoms with Gasteiger partial charge in [0.25, 0.3) is 0 Å². The molecule has 7 heteroatoms. The van der Waals surface area contributed by atoms with Gasteiger partial charge in [0.1, 0.15) is 6.61 Å². The normalized spacial score (nSPS) is 24.3. The van der Waals surface area contributed by atoms with E-state index in [0.29, 0.717) is 19.4 Å². The summed E-state index contributed by atoms with van der Waals surface area (Å²) in [4.78, 5) is 38.9. The van der Waals surface area contributed by atoms with E-state index in [1.165, 1.54) is 11.1 Å². The molecule has 0 spiro atoms. The predicted octanol–water partition coefficient (Wildman–Crippen LogP) is 4.02. The number of hydrogen-bond acceptors (Lipinski definition) is 4. The van der Waals surface area contributed by atoms with Crippen molar-refractivity contribution in [3.8, 4) is 11.1 Å². The van der Waals surface area contributed by atoms with Crippen LogP contribution in [0.1, 0.15) is 50.2 Å². The van der Waals surface area contributed by atoms with Gasteiger partial charge in [-0.25, -0.2) is 4.79 Å². The summed E-state index contributed by atoms with van der Waals surface area (Å²) in [6, 6.07) is 16.4.